The lowest BCUT2D eigenvalue weighted by atomic mass is 9.81. The van der Waals surface area contributed by atoms with Crippen LogP contribution in [0.4, 0.5) is 0 Å². The molecule has 0 bridgehead atoms. The van der Waals surface area contributed by atoms with E-state index in [2.05, 4.69) is 330 Å². The van der Waals surface area contributed by atoms with E-state index in [0.29, 0.717) is 0 Å². The van der Waals surface area contributed by atoms with Crippen molar-refractivity contribution in [1.29, 1.82) is 0 Å². The Balaban J connectivity index is 0.000000336. The summed E-state index contributed by atoms with van der Waals surface area (Å²) in [4.78, 5) is 3.76. The average molecular weight is 2000 g/mol. The Kier molecular flexibility index (Phi) is 59.7. The van der Waals surface area contributed by atoms with E-state index < -0.39 is 0 Å². The van der Waals surface area contributed by atoms with Crippen molar-refractivity contribution in [2.45, 2.75) is 311 Å². The molecule has 1 nitrogen and oxygen atoms in total. The minimum absolute atomic E-state index is 1.00. The molecule has 1 aromatic heterocycles. The number of hydrogen-bond donors (Lipinski definition) is 1. The number of hydrogen-bond acceptors (Lipinski definition) is 4. The van der Waals surface area contributed by atoms with Crippen LogP contribution in [0.15, 0.2) is 309 Å². The van der Waals surface area contributed by atoms with Gasteiger partial charge in [0, 0.05) is 57.0 Å². The summed E-state index contributed by atoms with van der Waals surface area (Å²) in [5.74, 6) is 0. The second-order valence-electron chi connectivity index (χ2n) is 30.2. The lowest BCUT2D eigenvalue weighted by molar-refractivity contribution is 0.198. The number of thiophene rings is 1. The summed E-state index contributed by atoms with van der Waals surface area (Å²) in [7, 11) is 0. The molecule has 0 radical (unpaired) electrons. The maximum Gasteiger partial charge on any atom is 0.0466 e. The van der Waals surface area contributed by atoms with E-state index in [9.17, 15) is 0 Å². The van der Waals surface area contributed by atoms with E-state index in [1.165, 1.54) is 196 Å². The van der Waals surface area contributed by atoms with Crippen molar-refractivity contribution in [1.82, 2.24) is 0 Å². The van der Waals surface area contributed by atoms with Gasteiger partial charge in [-0.25, -0.2) is 0 Å². The topological polar surface area (TPSA) is 9.23 Å². The summed E-state index contributed by atoms with van der Waals surface area (Å²) < 4.78 is 10.2. The minimum atomic E-state index is 1.00. The summed E-state index contributed by atoms with van der Waals surface area (Å²) in [6, 6.07) is 105. The van der Waals surface area contributed by atoms with Gasteiger partial charge in [0.2, 0.25) is 0 Å². The Morgan fingerprint density at radius 1 is 0.206 bits per heavy atom. The molecule has 0 atom stereocenters. The van der Waals surface area contributed by atoms with Crippen molar-refractivity contribution in [3.63, 3.8) is 0 Å². The van der Waals surface area contributed by atoms with E-state index in [0.717, 1.165) is 108 Å². The van der Waals surface area contributed by atoms with Gasteiger partial charge in [0.1, 0.15) is 0 Å². The molecule has 7 aliphatic carbocycles. The highest BCUT2D eigenvalue weighted by atomic mass is 79.9. The van der Waals surface area contributed by atoms with Crippen molar-refractivity contribution in [3.05, 3.63) is 450 Å². The minimum Gasteiger partial charge on any atom is -0.381 e. The fraction of sp³-hybridized carbons (Fsp3) is 0.354. The van der Waals surface area contributed by atoms with Gasteiger partial charge >= 0.3 is 0 Å². The molecular weight excluding hydrogens is 1830 g/mol. The van der Waals surface area contributed by atoms with Crippen LogP contribution < -0.4 is 0 Å². The van der Waals surface area contributed by atoms with Gasteiger partial charge < -0.3 is 4.74 Å². The van der Waals surface area contributed by atoms with Crippen LogP contribution in [0.5, 0.6) is 0 Å². The zero-order chi connectivity index (χ0) is 100. The zero-order valence-corrected chi connectivity index (χ0v) is 94.5. The Morgan fingerprint density at radius 2 is 0.397 bits per heavy atom. The lowest BCUT2D eigenvalue weighted by Gasteiger charge is -2.23. The maximum absolute atomic E-state index is 4.94. The molecule has 23 rings (SSSR count). The predicted molar refractivity (Wildman–Crippen MR) is 622 cm³/mol. The molecule has 8 aliphatic rings. The average Bonchev–Trinajstić information content (AvgIpc) is 1.56. The van der Waals surface area contributed by atoms with E-state index in [4.69, 9.17) is 4.74 Å². The van der Waals surface area contributed by atoms with Crippen LogP contribution in [-0.4, -0.2) is 13.2 Å². The maximum atomic E-state index is 4.94. The molecule has 0 N–H and O–H groups in total. The van der Waals surface area contributed by atoms with Crippen LogP contribution in [-0.2, 0) is 94.6 Å². The highest BCUT2D eigenvalue weighted by Gasteiger charge is 2.26. The van der Waals surface area contributed by atoms with Gasteiger partial charge in [0.15, 0.2) is 0 Å². The number of rotatable bonds is 2. The number of ether oxygens (including phenoxy) is 1. The molecule has 136 heavy (non-hydrogen) atoms. The van der Waals surface area contributed by atoms with Gasteiger partial charge in [-0.05, 0) is 331 Å². The smallest absolute Gasteiger partial charge is 0.0466 e. The van der Waals surface area contributed by atoms with Gasteiger partial charge in [0.05, 0.1) is 0 Å². The molecule has 1 fully saturated rings. The largest absolute Gasteiger partial charge is 0.381 e. The normalized spacial score (nSPS) is 11.8. The molecule has 0 spiro atoms. The number of halogens is 2. The van der Waals surface area contributed by atoms with Gasteiger partial charge in [-0.2, -0.15) is 0 Å². The van der Waals surface area contributed by atoms with Gasteiger partial charge in [-0.1, -0.05) is 450 Å². The number of thiol groups is 1. The monoisotopic (exact) mass is 2000 g/mol. The van der Waals surface area contributed by atoms with Crippen LogP contribution >= 0.6 is 67.6 Å². The molecule has 1 aliphatic heterocycles. The van der Waals surface area contributed by atoms with Crippen molar-refractivity contribution >= 4 is 87.8 Å². The summed E-state index contributed by atoms with van der Waals surface area (Å²) in [5, 5.41) is 3.07. The third-order valence-corrected chi connectivity index (χ3v) is 26.7. The number of benzene rings is 14. The molecule has 2 heterocycles. The third kappa shape index (κ3) is 33.3. The molecule has 0 amide bonds. The van der Waals surface area contributed by atoms with Crippen LogP contribution in [0.3, 0.4) is 0 Å². The Hall–Kier alpha value is -9.08. The SMILES string of the molecule is Brc1ccc2c(c1)Cc1ccccc1C2.Brc1ccc2c(c1)Cc1ccccc1C2.C1CCOC1.CC.CC.CC.CC.CC.CC.CC.CC.CC.CC.CC.CC.CC.CC.Sc1ccc2c(c1)Cc1ccccc1C2.c1ccc2c(c1)Cc1ccc(Sc3ccc4c(c3)Cc3ccccc3C4)cc1C2.c1ccc2c(c1)Cc1ccc3sc4ccc5c(c4c3c1C2)Cc1ccccc1C5. The van der Waals surface area contributed by atoms with Gasteiger partial charge in [-0.15, -0.1) is 24.0 Å². The summed E-state index contributed by atoms with van der Waals surface area (Å²) >= 11 is 15.3. The van der Waals surface area contributed by atoms with Crippen molar-refractivity contribution in [3.8, 4) is 0 Å². The third-order valence-electron chi connectivity index (χ3n) is 23.3. The quantitative estimate of drug-likeness (QED) is 0.173. The van der Waals surface area contributed by atoms with Crippen molar-refractivity contribution in [2.24, 2.45) is 0 Å². The Morgan fingerprint density at radius 3 is 0.640 bits per heavy atom. The van der Waals surface area contributed by atoms with E-state index in [1.807, 2.05) is 217 Å². The van der Waals surface area contributed by atoms with E-state index in [1.54, 1.807) is 11.1 Å². The van der Waals surface area contributed by atoms with Crippen LogP contribution in [0, 0.1) is 0 Å². The first-order valence-corrected chi connectivity index (χ1v) is 56.1. The highest BCUT2D eigenvalue weighted by Crippen LogP contribution is 2.46. The van der Waals surface area contributed by atoms with Crippen molar-refractivity contribution in [2.75, 3.05) is 13.2 Å². The van der Waals surface area contributed by atoms with E-state index in [-0.39, 0.29) is 0 Å². The summed E-state index contributed by atoms with van der Waals surface area (Å²) in [6.07, 6.45) is 17.5. The van der Waals surface area contributed by atoms with E-state index >= 15 is 0 Å². The second kappa shape index (κ2) is 68.1. The van der Waals surface area contributed by atoms with Crippen LogP contribution in [0.25, 0.3) is 20.2 Å². The van der Waals surface area contributed by atoms with Gasteiger partial charge in [0.25, 0.3) is 0 Å². The first-order valence-electron chi connectivity index (χ1n) is 52.4. The molecule has 14 aromatic carbocycles. The summed E-state index contributed by atoms with van der Waals surface area (Å²) in [6.45, 7) is 58.0. The van der Waals surface area contributed by atoms with Crippen molar-refractivity contribution < 1.29 is 4.74 Å². The molecule has 15 aromatic rings. The first kappa shape index (κ1) is 119. The van der Waals surface area contributed by atoms with Crippen LogP contribution in [0.2, 0.25) is 0 Å². The zero-order valence-electron chi connectivity index (χ0n) is 88.8. The summed E-state index contributed by atoms with van der Waals surface area (Å²) in [5.41, 5.74) is 41.6. The standard InChI is InChI=1S/C28H20S.C28H22S.2C14H11Br.C14H12S.C4H8O.14C2H6/c1-3-7-19-15-23-21(13-17(19)5-1)9-11-25-27(23)28-24-16-20-8-4-2-6-18(20)14-22(24)10-12-26(28)29-25;1-3-7-21-15-25-17-27(11-9-23(25)13-19(21)5-1)29-28-12-10-24-14-20-6-2-4-8-22(20)16-26(24)18-28;3*15-14-6-5-12-7-10-3-1-2-4-11(10)8-13(12)9-14;1-2-4-5-3-1;14*1-2/h1-12H,13-16H2;1-12,17-18H,13-16H2;2*1-6,9H,7-8H2;1-6,9,15H,7-8H2;1-4H2;14*1-2H3. The highest BCUT2D eigenvalue weighted by molar-refractivity contribution is 9.10. The fourth-order valence-corrected chi connectivity index (χ4v) is 20.7. The molecule has 0 unspecified atom stereocenters. The Labute approximate surface area is 859 Å². The fourth-order valence-electron chi connectivity index (χ4n) is 17.5. The van der Waals surface area contributed by atoms with Crippen LogP contribution in [0.1, 0.15) is 362 Å². The molecule has 1 saturated heterocycles. The Bertz CT molecular complexity index is 5470. The molecular formula is C130H168Br2OS3. The second-order valence-corrected chi connectivity index (χ2v) is 34.8. The van der Waals surface area contributed by atoms with Gasteiger partial charge in [-0.3, -0.25) is 0 Å². The first-order chi connectivity index (χ1) is 67.1. The molecule has 726 valence electrons. The molecule has 6 heteroatoms. The predicted octanol–water partition coefficient (Wildman–Crippen LogP) is 40.4. The molecule has 0 saturated carbocycles. The lowest BCUT2D eigenvalue weighted by Crippen LogP contribution is -2.09. The number of fused-ring (bicyclic) bond motifs is 19.